The number of halogens is 1. The van der Waals surface area contributed by atoms with Gasteiger partial charge in [-0.3, -0.25) is 4.79 Å². The lowest BCUT2D eigenvalue weighted by Gasteiger charge is -2.23. The molecule has 29 heavy (non-hydrogen) atoms. The zero-order valence-corrected chi connectivity index (χ0v) is 16.9. The minimum Gasteiger partial charge on any atom is -0.325 e. The van der Waals surface area contributed by atoms with Crippen LogP contribution in [-0.4, -0.2) is 36.2 Å². The van der Waals surface area contributed by atoms with Crippen molar-refractivity contribution >= 4 is 33.0 Å². The van der Waals surface area contributed by atoms with Gasteiger partial charge in [-0.2, -0.15) is 4.31 Å². The largest absolute Gasteiger partial charge is 0.325 e. The second-order valence-corrected chi connectivity index (χ2v) is 9.42. The average molecular weight is 432 g/mol. The van der Waals surface area contributed by atoms with Gasteiger partial charge < -0.3 is 5.32 Å². The summed E-state index contributed by atoms with van der Waals surface area (Å²) in [6.45, 7) is 0.251. The molecule has 0 saturated carbocycles. The number of benzene rings is 2. The molecular formula is C20H18FN3O3S2. The van der Waals surface area contributed by atoms with E-state index in [0.717, 1.165) is 22.7 Å². The van der Waals surface area contributed by atoms with Gasteiger partial charge >= 0.3 is 0 Å². The quantitative estimate of drug-likeness (QED) is 0.667. The second-order valence-electron chi connectivity index (χ2n) is 6.63. The van der Waals surface area contributed by atoms with E-state index in [1.807, 2.05) is 17.5 Å². The van der Waals surface area contributed by atoms with Crippen LogP contribution < -0.4 is 5.32 Å². The fourth-order valence-electron chi connectivity index (χ4n) is 3.32. The SMILES string of the molecule is O=C(Nc1ccc(-c2nccs2)cc1)C1CCCN1S(=O)(=O)c1ccc(F)cc1. The molecule has 1 amide bonds. The van der Waals surface area contributed by atoms with Crippen LogP contribution in [0, 0.1) is 5.82 Å². The molecule has 2 heterocycles. The summed E-state index contributed by atoms with van der Waals surface area (Å²) in [6, 6.07) is 11.1. The van der Waals surface area contributed by atoms with Gasteiger partial charge in [0.05, 0.1) is 4.90 Å². The minimum atomic E-state index is -3.88. The van der Waals surface area contributed by atoms with Crippen molar-refractivity contribution in [3.8, 4) is 10.6 Å². The van der Waals surface area contributed by atoms with Crippen molar-refractivity contribution in [1.82, 2.24) is 9.29 Å². The molecule has 3 aromatic rings. The lowest BCUT2D eigenvalue weighted by molar-refractivity contribution is -0.119. The molecular weight excluding hydrogens is 413 g/mol. The number of anilines is 1. The summed E-state index contributed by atoms with van der Waals surface area (Å²) in [7, 11) is -3.88. The number of carbonyl (C=O) groups excluding carboxylic acids is 1. The Bertz CT molecular complexity index is 1100. The van der Waals surface area contributed by atoms with E-state index in [1.54, 1.807) is 18.3 Å². The summed E-state index contributed by atoms with van der Waals surface area (Å²) in [6.07, 6.45) is 2.75. The number of sulfonamides is 1. The Balaban J connectivity index is 1.50. The summed E-state index contributed by atoms with van der Waals surface area (Å²) in [4.78, 5) is 17.0. The molecule has 1 N–H and O–H groups in total. The molecule has 2 aromatic carbocycles. The highest BCUT2D eigenvalue weighted by Crippen LogP contribution is 2.28. The number of thiazole rings is 1. The van der Waals surface area contributed by atoms with Crippen LogP contribution in [0.25, 0.3) is 10.6 Å². The van der Waals surface area contributed by atoms with Crippen LogP contribution in [0.3, 0.4) is 0 Å². The summed E-state index contributed by atoms with van der Waals surface area (Å²) in [5.41, 5.74) is 1.53. The van der Waals surface area contributed by atoms with E-state index in [-0.39, 0.29) is 17.3 Å². The van der Waals surface area contributed by atoms with Gasteiger partial charge in [0.15, 0.2) is 0 Å². The second kappa shape index (κ2) is 8.02. The Morgan fingerprint density at radius 1 is 1.14 bits per heavy atom. The predicted molar refractivity (Wildman–Crippen MR) is 109 cm³/mol. The fourth-order valence-corrected chi connectivity index (χ4v) is 5.62. The lowest BCUT2D eigenvalue weighted by Crippen LogP contribution is -2.43. The standard InChI is InChI=1S/C20H18FN3O3S2/c21-15-5-9-17(10-6-15)29(26,27)24-12-1-2-18(24)19(25)23-16-7-3-14(4-8-16)20-22-11-13-28-20/h3-11,13,18H,1-2,12H2,(H,23,25). The number of carbonyl (C=O) groups is 1. The number of nitrogens with one attached hydrogen (secondary N) is 1. The van der Waals surface area contributed by atoms with Crippen molar-refractivity contribution in [3.05, 3.63) is 65.9 Å². The number of rotatable bonds is 5. The molecule has 1 saturated heterocycles. The van der Waals surface area contributed by atoms with Gasteiger partial charge in [0.2, 0.25) is 15.9 Å². The molecule has 1 unspecified atom stereocenters. The van der Waals surface area contributed by atoms with Crippen molar-refractivity contribution in [2.24, 2.45) is 0 Å². The van der Waals surface area contributed by atoms with E-state index in [0.29, 0.717) is 18.5 Å². The first-order valence-electron chi connectivity index (χ1n) is 9.03. The Labute approximate surface area is 172 Å². The number of hydrogen-bond donors (Lipinski definition) is 1. The molecule has 150 valence electrons. The van der Waals surface area contributed by atoms with Crippen LogP contribution in [0.15, 0.2) is 65.0 Å². The molecule has 1 aliphatic heterocycles. The maximum absolute atomic E-state index is 13.1. The van der Waals surface area contributed by atoms with Gasteiger partial charge in [-0.05, 0) is 61.4 Å². The number of aromatic nitrogens is 1. The lowest BCUT2D eigenvalue weighted by atomic mass is 10.2. The highest BCUT2D eigenvalue weighted by Gasteiger charge is 2.39. The predicted octanol–water partition coefficient (Wildman–Crippen LogP) is 3.74. The summed E-state index contributed by atoms with van der Waals surface area (Å²) in [5, 5.41) is 5.57. The highest BCUT2D eigenvalue weighted by molar-refractivity contribution is 7.89. The molecule has 9 heteroatoms. The van der Waals surface area contributed by atoms with E-state index in [9.17, 15) is 17.6 Å². The van der Waals surface area contributed by atoms with Crippen molar-refractivity contribution in [2.45, 2.75) is 23.8 Å². The Morgan fingerprint density at radius 2 is 1.86 bits per heavy atom. The average Bonchev–Trinajstić information content (AvgIpc) is 3.41. The molecule has 4 rings (SSSR count). The van der Waals surface area contributed by atoms with Crippen molar-refractivity contribution in [1.29, 1.82) is 0 Å². The van der Waals surface area contributed by atoms with E-state index >= 15 is 0 Å². The Morgan fingerprint density at radius 3 is 2.52 bits per heavy atom. The first-order chi connectivity index (χ1) is 13.9. The third-order valence-corrected chi connectivity index (χ3v) is 7.50. The van der Waals surface area contributed by atoms with Crippen LogP contribution in [0.4, 0.5) is 10.1 Å². The van der Waals surface area contributed by atoms with Gasteiger partial charge in [0.25, 0.3) is 0 Å². The van der Waals surface area contributed by atoms with E-state index < -0.39 is 21.9 Å². The molecule has 0 bridgehead atoms. The summed E-state index contributed by atoms with van der Waals surface area (Å²) >= 11 is 1.52. The topological polar surface area (TPSA) is 79.4 Å². The van der Waals surface area contributed by atoms with Gasteiger partial charge in [-0.15, -0.1) is 11.3 Å². The number of amides is 1. The summed E-state index contributed by atoms with van der Waals surface area (Å²) in [5.74, 6) is -0.893. The maximum Gasteiger partial charge on any atom is 0.243 e. The number of hydrogen-bond acceptors (Lipinski definition) is 5. The third-order valence-electron chi connectivity index (χ3n) is 4.76. The molecule has 0 aliphatic carbocycles. The fraction of sp³-hybridized carbons (Fsp3) is 0.200. The normalized spacial score (nSPS) is 17.3. The zero-order chi connectivity index (χ0) is 20.4. The van der Waals surface area contributed by atoms with Crippen molar-refractivity contribution in [3.63, 3.8) is 0 Å². The van der Waals surface area contributed by atoms with E-state index in [1.165, 1.54) is 27.8 Å². The number of nitrogens with zero attached hydrogens (tertiary/aromatic N) is 2. The third kappa shape index (κ3) is 4.07. The molecule has 6 nitrogen and oxygen atoms in total. The summed E-state index contributed by atoms with van der Waals surface area (Å²) < 4.78 is 40.1. The molecule has 0 spiro atoms. The first-order valence-corrected chi connectivity index (χ1v) is 11.4. The monoisotopic (exact) mass is 431 g/mol. The van der Waals surface area contributed by atoms with Crippen LogP contribution in [0.1, 0.15) is 12.8 Å². The van der Waals surface area contributed by atoms with E-state index in [4.69, 9.17) is 0 Å². The molecule has 1 atom stereocenters. The molecule has 1 fully saturated rings. The zero-order valence-electron chi connectivity index (χ0n) is 15.3. The minimum absolute atomic E-state index is 0.0219. The first kappa shape index (κ1) is 19.7. The van der Waals surface area contributed by atoms with Gasteiger partial charge in [0.1, 0.15) is 16.9 Å². The van der Waals surface area contributed by atoms with Gasteiger partial charge in [-0.25, -0.2) is 17.8 Å². The Kier molecular flexibility index (Phi) is 5.44. The van der Waals surface area contributed by atoms with Crippen LogP contribution in [0.2, 0.25) is 0 Å². The molecule has 0 radical (unpaired) electrons. The van der Waals surface area contributed by atoms with Crippen LogP contribution >= 0.6 is 11.3 Å². The van der Waals surface area contributed by atoms with Crippen molar-refractivity contribution < 1.29 is 17.6 Å². The molecule has 1 aliphatic rings. The van der Waals surface area contributed by atoms with Crippen molar-refractivity contribution in [2.75, 3.05) is 11.9 Å². The van der Waals surface area contributed by atoms with E-state index in [2.05, 4.69) is 10.3 Å². The highest BCUT2D eigenvalue weighted by atomic mass is 32.2. The van der Waals surface area contributed by atoms with Crippen LogP contribution in [0.5, 0.6) is 0 Å². The smallest absolute Gasteiger partial charge is 0.243 e. The van der Waals surface area contributed by atoms with Gasteiger partial charge in [0, 0.05) is 29.4 Å². The Hall–Kier alpha value is -2.62. The van der Waals surface area contributed by atoms with Crippen LogP contribution in [-0.2, 0) is 14.8 Å². The maximum atomic E-state index is 13.1. The molecule has 1 aromatic heterocycles. The van der Waals surface area contributed by atoms with Gasteiger partial charge in [-0.1, -0.05) is 0 Å².